The van der Waals surface area contributed by atoms with E-state index >= 15 is 0 Å². The first-order valence-corrected chi connectivity index (χ1v) is 10.8. The summed E-state index contributed by atoms with van der Waals surface area (Å²) in [6.07, 6.45) is 0. The van der Waals surface area contributed by atoms with Crippen LogP contribution >= 0.6 is 0 Å². The molecular formula is C26H23N3O5. The van der Waals surface area contributed by atoms with Gasteiger partial charge in [-0.1, -0.05) is 24.3 Å². The van der Waals surface area contributed by atoms with Gasteiger partial charge in [-0.2, -0.15) is 0 Å². The van der Waals surface area contributed by atoms with Crippen LogP contribution in [0.2, 0.25) is 0 Å². The van der Waals surface area contributed by atoms with Crippen molar-refractivity contribution in [1.82, 2.24) is 0 Å². The molecule has 0 atom stereocenters. The molecule has 8 nitrogen and oxygen atoms in total. The predicted molar refractivity (Wildman–Crippen MR) is 130 cm³/mol. The molecule has 0 aromatic heterocycles. The second-order valence-electron chi connectivity index (χ2n) is 7.84. The summed E-state index contributed by atoms with van der Waals surface area (Å²) in [4.78, 5) is 39.0. The van der Waals surface area contributed by atoms with Gasteiger partial charge in [0.1, 0.15) is 11.4 Å². The fourth-order valence-electron chi connectivity index (χ4n) is 3.83. The number of nitrogens with one attached hydrogen (secondary N) is 1. The molecule has 34 heavy (non-hydrogen) atoms. The van der Waals surface area contributed by atoms with E-state index in [9.17, 15) is 19.7 Å². The molecule has 3 aromatic rings. The summed E-state index contributed by atoms with van der Waals surface area (Å²) in [5.41, 5.74) is 3.19. The molecule has 3 aromatic carbocycles. The Labute approximate surface area is 196 Å². The zero-order valence-corrected chi connectivity index (χ0v) is 19.0. The van der Waals surface area contributed by atoms with Gasteiger partial charge in [-0.25, -0.2) is 4.90 Å². The Hall–Kier alpha value is -4.46. The Morgan fingerprint density at radius 2 is 1.68 bits per heavy atom. The van der Waals surface area contributed by atoms with Crippen LogP contribution in [-0.4, -0.2) is 23.3 Å². The molecule has 0 aliphatic carbocycles. The first-order chi connectivity index (χ1) is 16.3. The highest BCUT2D eigenvalue weighted by atomic mass is 16.6. The van der Waals surface area contributed by atoms with Crippen LogP contribution in [0.5, 0.6) is 5.75 Å². The topological polar surface area (TPSA) is 102 Å². The van der Waals surface area contributed by atoms with Gasteiger partial charge in [0.15, 0.2) is 0 Å². The maximum Gasteiger partial charge on any atom is 0.282 e. The number of carbonyl (C=O) groups excluding carboxylic acids is 2. The van der Waals surface area contributed by atoms with Crippen LogP contribution in [0.4, 0.5) is 17.1 Å². The van der Waals surface area contributed by atoms with E-state index < -0.39 is 16.7 Å². The molecule has 0 radical (unpaired) electrons. The van der Waals surface area contributed by atoms with Gasteiger partial charge in [0.25, 0.3) is 17.5 Å². The quantitative estimate of drug-likeness (QED) is 0.304. The molecule has 0 bridgehead atoms. The SMILES string of the molecule is CCOc1ccccc1NC1=C(c2ccc([N+](=O)[O-])cc2)C(=O)N(c2cc(C)ccc2C)C1=O. The summed E-state index contributed by atoms with van der Waals surface area (Å²) >= 11 is 0. The van der Waals surface area contributed by atoms with Gasteiger partial charge in [-0.15, -0.1) is 0 Å². The molecule has 1 heterocycles. The molecular weight excluding hydrogens is 434 g/mol. The van der Waals surface area contributed by atoms with E-state index in [2.05, 4.69) is 5.32 Å². The Balaban J connectivity index is 1.86. The highest BCUT2D eigenvalue weighted by Gasteiger charge is 2.41. The summed E-state index contributed by atoms with van der Waals surface area (Å²) in [6.45, 7) is 5.99. The van der Waals surface area contributed by atoms with Crippen molar-refractivity contribution in [2.45, 2.75) is 20.8 Å². The fourth-order valence-corrected chi connectivity index (χ4v) is 3.83. The molecule has 0 saturated heterocycles. The number of non-ortho nitro benzene ring substituents is 1. The Morgan fingerprint density at radius 3 is 2.35 bits per heavy atom. The van der Waals surface area contributed by atoms with E-state index in [1.165, 1.54) is 24.3 Å². The lowest BCUT2D eigenvalue weighted by Crippen LogP contribution is -2.33. The number of nitro benzene ring substituents is 1. The van der Waals surface area contributed by atoms with Crippen molar-refractivity contribution >= 4 is 34.4 Å². The van der Waals surface area contributed by atoms with Crippen molar-refractivity contribution in [3.05, 3.63) is 99.2 Å². The van der Waals surface area contributed by atoms with Crippen molar-refractivity contribution in [2.24, 2.45) is 0 Å². The lowest BCUT2D eigenvalue weighted by atomic mass is 10.0. The number of ether oxygens (including phenoxy) is 1. The monoisotopic (exact) mass is 457 g/mol. The number of aryl methyl sites for hydroxylation is 2. The average Bonchev–Trinajstić information content (AvgIpc) is 3.06. The van der Waals surface area contributed by atoms with Crippen molar-refractivity contribution in [3.63, 3.8) is 0 Å². The van der Waals surface area contributed by atoms with E-state index in [0.29, 0.717) is 29.3 Å². The van der Waals surface area contributed by atoms with Crippen LogP contribution in [0.3, 0.4) is 0 Å². The van der Waals surface area contributed by atoms with Gasteiger partial charge in [0, 0.05) is 12.1 Å². The number of nitrogens with zero attached hydrogens (tertiary/aromatic N) is 2. The van der Waals surface area contributed by atoms with Crippen LogP contribution < -0.4 is 15.0 Å². The molecule has 1 aliphatic rings. The number of rotatable bonds is 7. The number of para-hydroxylation sites is 2. The first kappa shape index (κ1) is 22.7. The second kappa shape index (κ2) is 9.19. The Bertz CT molecular complexity index is 1330. The number of hydrogen-bond donors (Lipinski definition) is 1. The fraction of sp³-hybridized carbons (Fsp3) is 0.154. The van der Waals surface area contributed by atoms with Gasteiger partial charge in [-0.3, -0.25) is 19.7 Å². The number of hydrogen-bond acceptors (Lipinski definition) is 6. The molecule has 2 amide bonds. The van der Waals surface area contributed by atoms with Crippen molar-refractivity contribution < 1.29 is 19.2 Å². The Kier molecular flexibility index (Phi) is 6.14. The third-order valence-corrected chi connectivity index (χ3v) is 5.50. The van der Waals surface area contributed by atoms with Gasteiger partial charge in [0.05, 0.1) is 28.5 Å². The molecule has 0 unspecified atom stereocenters. The van der Waals surface area contributed by atoms with E-state index in [1.54, 1.807) is 24.3 Å². The predicted octanol–water partition coefficient (Wildman–Crippen LogP) is 5.01. The van der Waals surface area contributed by atoms with Crippen LogP contribution in [-0.2, 0) is 9.59 Å². The van der Waals surface area contributed by atoms with E-state index in [0.717, 1.165) is 16.0 Å². The molecule has 1 N–H and O–H groups in total. The standard InChI is InChI=1S/C26H23N3O5/c1-4-34-22-8-6-5-7-20(22)27-24-23(18-11-13-19(14-12-18)29(32)33)25(30)28(26(24)31)21-15-16(2)9-10-17(21)3/h5-15,27H,4H2,1-3H3. The van der Waals surface area contributed by atoms with Crippen molar-refractivity contribution in [2.75, 3.05) is 16.8 Å². The molecule has 0 fully saturated rings. The zero-order chi connectivity index (χ0) is 24.4. The zero-order valence-electron chi connectivity index (χ0n) is 19.0. The van der Waals surface area contributed by atoms with Crippen molar-refractivity contribution in [3.8, 4) is 5.75 Å². The van der Waals surface area contributed by atoms with Gasteiger partial charge in [-0.05, 0) is 67.8 Å². The minimum Gasteiger partial charge on any atom is -0.492 e. The molecule has 8 heteroatoms. The first-order valence-electron chi connectivity index (χ1n) is 10.8. The van der Waals surface area contributed by atoms with Crippen LogP contribution in [0, 0.1) is 24.0 Å². The number of amides is 2. The van der Waals surface area contributed by atoms with Crippen LogP contribution in [0.1, 0.15) is 23.6 Å². The van der Waals surface area contributed by atoms with Crippen LogP contribution in [0.25, 0.3) is 5.57 Å². The second-order valence-corrected chi connectivity index (χ2v) is 7.84. The third kappa shape index (κ3) is 4.13. The number of anilines is 2. The van der Waals surface area contributed by atoms with E-state index in [-0.39, 0.29) is 17.0 Å². The lowest BCUT2D eigenvalue weighted by Gasteiger charge is -2.19. The highest BCUT2D eigenvalue weighted by molar-refractivity contribution is 6.46. The summed E-state index contributed by atoms with van der Waals surface area (Å²) in [6, 6.07) is 18.2. The summed E-state index contributed by atoms with van der Waals surface area (Å²) in [5, 5.41) is 14.2. The normalized spacial score (nSPS) is 13.4. The number of nitro groups is 1. The van der Waals surface area contributed by atoms with Gasteiger partial charge >= 0.3 is 0 Å². The van der Waals surface area contributed by atoms with E-state index in [1.807, 2.05) is 39.0 Å². The molecule has 172 valence electrons. The third-order valence-electron chi connectivity index (χ3n) is 5.50. The molecule has 0 spiro atoms. The smallest absolute Gasteiger partial charge is 0.282 e. The Morgan fingerprint density at radius 1 is 0.971 bits per heavy atom. The van der Waals surface area contributed by atoms with Gasteiger partial charge < -0.3 is 10.1 Å². The molecule has 4 rings (SSSR count). The van der Waals surface area contributed by atoms with Crippen molar-refractivity contribution in [1.29, 1.82) is 0 Å². The summed E-state index contributed by atoms with van der Waals surface area (Å²) in [7, 11) is 0. The maximum atomic E-state index is 13.7. The maximum absolute atomic E-state index is 13.7. The van der Waals surface area contributed by atoms with Crippen LogP contribution in [0.15, 0.2) is 72.4 Å². The number of imide groups is 1. The minimum atomic E-state index is -0.515. The number of benzene rings is 3. The number of carbonyl (C=O) groups is 2. The minimum absolute atomic E-state index is 0.0758. The largest absolute Gasteiger partial charge is 0.492 e. The van der Waals surface area contributed by atoms with Gasteiger partial charge in [0.2, 0.25) is 0 Å². The summed E-state index contributed by atoms with van der Waals surface area (Å²) in [5.74, 6) is -0.492. The molecule has 1 aliphatic heterocycles. The lowest BCUT2D eigenvalue weighted by molar-refractivity contribution is -0.384. The summed E-state index contributed by atoms with van der Waals surface area (Å²) < 4.78 is 5.67. The highest BCUT2D eigenvalue weighted by Crippen LogP contribution is 2.37. The molecule has 0 saturated carbocycles. The van der Waals surface area contributed by atoms with E-state index in [4.69, 9.17) is 4.74 Å². The average molecular weight is 457 g/mol.